The highest BCUT2D eigenvalue weighted by Crippen LogP contribution is 2.31. The van der Waals surface area contributed by atoms with Crippen LogP contribution in [0.5, 0.6) is 0 Å². The lowest BCUT2D eigenvalue weighted by Crippen LogP contribution is -2.40. The summed E-state index contributed by atoms with van der Waals surface area (Å²) >= 11 is 0. The summed E-state index contributed by atoms with van der Waals surface area (Å²) in [4.78, 5) is 28.9. The summed E-state index contributed by atoms with van der Waals surface area (Å²) in [6, 6.07) is 3.51. The minimum atomic E-state index is -0.419. The zero-order chi connectivity index (χ0) is 23.5. The molecule has 3 heterocycles. The number of aromatic nitrogens is 3. The lowest BCUT2D eigenvalue weighted by atomic mass is 9.85. The van der Waals surface area contributed by atoms with E-state index in [2.05, 4.69) is 26.0 Å². The first-order chi connectivity index (χ1) is 15.9. The fraction of sp³-hybridized carbons (Fsp3) is 0.417. The molecule has 3 aromatic rings. The van der Waals surface area contributed by atoms with E-state index >= 15 is 0 Å². The van der Waals surface area contributed by atoms with Crippen molar-refractivity contribution >= 4 is 23.0 Å². The van der Waals surface area contributed by atoms with E-state index < -0.39 is 5.82 Å². The fourth-order valence-electron chi connectivity index (χ4n) is 4.39. The third kappa shape index (κ3) is 4.81. The number of fused-ring (bicyclic) bond motifs is 1. The average Bonchev–Trinajstić information content (AvgIpc) is 3.24. The predicted octanol–water partition coefficient (Wildman–Crippen LogP) is 3.39. The molecule has 0 saturated heterocycles. The van der Waals surface area contributed by atoms with Crippen molar-refractivity contribution in [1.82, 2.24) is 25.2 Å². The van der Waals surface area contributed by atoms with Crippen LogP contribution in [0.2, 0.25) is 0 Å². The quantitative estimate of drug-likeness (QED) is 0.532. The Balaban J connectivity index is 1.61. The zero-order valence-corrected chi connectivity index (χ0v) is 19.1. The molecule has 0 unspecified atom stereocenters. The molecule has 1 aliphatic carbocycles. The molecule has 0 aromatic carbocycles. The summed E-state index contributed by atoms with van der Waals surface area (Å²) in [7, 11) is 1.65. The van der Waals surface area contributed by atoms with Gasteiger partial charge in [0, 0.05) is 48.6 Å². The molecular formula is C24H29FN6O2. The highest BCUT2D eigenvalue weighted by Gasteiger charge is 2.28. The summed E-state index contributed by atoms with van der Waals surface area (Å²) in [5.74, 6) is -0.564. The van der Waals surface area contributed by atoms with E-state index in [4.69, 9.17) is 0 Å². The maximum atomic E-state index is 14.3. The minimum absolute atomic E-state index is 0.00654. The maximum Gasteiger partial charge on any atom is 0.255 e. The molecule has 3 N–H and O–H groups in total. The molecule has 9 heteroatoms. The smallest absolute Gasteiger partial charge is 0.255 e. The van der Waals surface area contributed by atoms with E-state index in [1.165, 1.54) is 12.4 Å². The van der Waals surface area contributed by atoms with Crippen molar-refractivity contribution in [3.63, 3.8) is 0 Å². The van der Waals surface area contributed by atoms with Crippen LogP contribution in [0, 0.1) is 11.7 Å². The van der Waals surface area contributed by atoms with E-state index in [1.54, 1.807) is 30.0 Å². The number of carbonyl (C=O) groups is 2. The average molecular weight is 453 g/mol. The summed E-state index contributed by atoms with van der Waals surface area (Å²) in [6.07, 6.45) is 9.00. The number of nitrogens with zero attached hydrogens (tertiary/aromatic N) is 3. The van der Waals surface area contributed by atoms with Crippen LogP contribution >= 0.6 is 0 Å². The van der Waals surface area contributed by atoms with Gasteiger partial charge in [-0.3, -0.25) is 14.6 Å². The van der Waals surface area contributed by atoms with Crippen LogP contribution in [0.1, 0.15) is 49.9 Å². The van der Waals surface area contributed by atoms with Crippen molar-refractivity contribution in [2.45, 2.75) is 51.6 Å². The molecule has 0 atom stereocenters. The van der Waals surface area contributed by atoms with Gasteiger partial charge in [0.1, 0.15) is 5.82 Å². The molecular weight excluding hydrogens is 423 g/mol. The normalized spacial score (nSPS) is 18.3. The van der Waals surface area contributed by atoms with Crippen molar-refractivity contribution in [2.75, 3.05) is 12.4 Å². The number of rotatable bonds is 6. The first-order valence-electron chi connectivity index (χ1n) is 11.3. The Morgan fingerprint density at radius 1 is 1.18 bits per heavy atom. The molecule has 8 nitrogen and oxygen atoms in total. The number of nitrogens with one attached hydrogen (secondary N) is 3. The van der Waals surface area contributed by atoms with E-state index in [0.717, 1.165) is 25.7 Å². The van der Waals surface area contributed by atoms with Gasteiger partial charge >= 0.3 is 0 Å². The monoisotopic (exact) mass is 452 g/mol. The molecule has 0 spiro atoms. The Hall–Kier alpha value is -3.49. The molecule has 1 aliphatic rings. The van der Waals surface area contributed by atoms with E-state index in [0.29, 0.717) is 27.9 Å². The Kier molecular flexibility index (Phi) is 6.57. The first-order valence-corrected chi connectivity index (χ1v) is 11.3. The number of anilines is 1. The molecule has 33 heavy (non-hydrogen) atoms. The summed E-state index contributed by atoms with van der Waals surface area (Å²) in [5, 5.41) is 13.6. The van der Waals surface area contributed by atoms with Gasteiger partial charge in [0.2, 0.25) is 5.91 Å². The van der Waals surface area contributed by atoms with Crippen LogP contribution in [0.15, 0.2) is 36.9 Å². The van der Waals surface area contributed by atoms with Crippen LogP contribution in [0.3, 0.4) is 0 Å². The van der Waals surface area contributed by atoms with Gasteiger partial charge in [0.15, 0.2) is 0 Å². The third-order valence-electron chi connectivity index (χ3n) is 6.08. The largest absolute Gasteiger partial charge is 0.380 e. The van der Waals surface area contributed by atoms with Crippen LogP contribution in [-0.2, 0) is 4.79 Å². The molecule has 1 saturated carbocycles. The Labute approximate surface area is 192 Å². The fourth-order valence-corrected chi connectivity index (χ4v) is 4.39. The van der Waals surface area contributed by atoms with Crippen molar-refractivity contribution in [3.05, 3.63) is 48.3 Å². The Morgan fingerprint density at radius 2 is 1.94 bits per heavy atom. The number of hydrogen-bond acceptors (Lipinski definition) is 5. The third-order valence-corrected chi connectivity index (χ3v) is 6.08. The molecule has 4 rings (SSSR count). The van der Waals surface area contributed by atoms with Gasteiger partial charge in [0.25, 0.3) is 5.91 Å². The molecule has 1 fully saturated rings. The summed E-state index contributed by atoms with van der Waals surface area (Å²) in [5.41, 5.74) is 2.84. The topological polar surface area (TPSA) is 100 Å². The number of amides is 2. The molecule has 0 radical (unpaired) electrons. The number of carbonyl (C=O) groups excluding carboxylic acids is 2. The summed E-state index contributed by atoms with van der Waals surface area (Å²) in [6.45, 7) is 3.98. The molecule has 3 aromatic heterocycles. The van der Waals surface area contributed by atoms with Crippen LogP contribution in [0.4, 0.5) is 10.1 Å². The van der Waals surface area contributed by atoms with Crippen molar-refractivity contribution in [2.24, 2.45) is 5.92 Å². The Bertz CT molecular complexity index is 1170. The maximum absolute atomic E-state index is 14.3. The van der Waals surface area contributed by atoms with Gasteiger partial charge in [-0.15, -0.1) is 0 Å². The van der Waals surface area contributed by atoms with Gasteiger partial charge < -0.3 is 16.0 Å². The van der Waals surface area contributed by atoms with Crippen molar-refractivity contribution in [1.29, 1.82) is 0 Å². The van der Waals surface area contributed by atoms with Crippen LogP contribution in [-0.4, -0.2) is 45.5 Å². The zero-order valence-electron chi connectivity index (χ0n) is 19.1. The van der Waals surface area contributed by atoms with E-state index in [9.17, 15) is 14.0 Å². The number of pyridine rings is 1. The second-order valence-corrected chi connectivity index (χ2v) is 8.78. The predicted molar refractivity (Wildman–Crippen MR) is 124 cm³/mol. The van der Waals surface area contributed by atoms with E-state index in [-0.39, 0.29) is 29.8 Å². The number of hydrogen-bond donors (Lipinski definition) is 3. The second-order valence-electron chi connectivity index (χ2n) is 8.78. The van der Waals surface area contributed by atoms with Crippen LogP contribution < -0.4 is 16.0 Å². The highest BCUT2D eigenvalue weighted by atomic mass is 19.1. The minimum Gasteiger partial charge on any atom is -0.380 e. The second kappa shape index (κ2) is 9.56. The molecule has 174 valence electrons. The lowest BCUT2D eigenvalue weighted by molar-refractivity contribution is -0.125. The van der Waals surface area contributed by atoms with Gasteiger partial charge in [0.05, 0.1) is 29.2 Å². The van der Waals surface area contributed by atoms with Crippen LogP contribution in [0.25, 0.3) is 16.6 Å². The lowest BCUT2D eigenvalue weighted by Gasteiger charge is -2.28. The first kappa shape index (κ1) is 22.7. The Morgan fingerprint density at radius 3 is 2.61 bits per heavy atom. The highest BCUT2D eigenvalue weighted by molar-refractivity contribution is 6.03. The standard InChI is InChI=1S/C24H29FN6O2/c1-14(2)29-22-19(24(33)30-17-6-4-15(5-7-17)23(32)26-3)11-28-31-13-16(10-21(22)31)18-8-9-27-12-20(18)25/h8-15,17,29H,4-7H2,1-3H3,(H,26,32)(H,30,33). The van der Waals surface area contributed by atoms with Gasteiger partial charge in [-0.2, -0.15) is 5.10 Å². The van der Waals surface area contributed by atoms with Crippen molar-refractivity contribution < 1.29 is 14.0 Å². The van der Waals surface area contributed by atoms with Gasteiger partial charge in [-0.05, 0) is 51.7 Å². The van der Waals surface area contributed by atoms with Gasteiger partial charge in [-0.1, -0.05) is 0 Å². The molecule has 0 aliphatic heterocycles. The van der Waals surface area contributed by atoms with Gasteiger partial charge in [-0.25, -0.2) is 8.91 Å². The SMILES string of the molecule is CNC(=O)C1CCC(NC(=O)c2cnn3cc(-c4ccncc4F)cc3c2NC(C)C)CC1. The van der Waals surface area contributed by atoms with E-state index in [1.807, 2.05) is 19.9 Å². The molecule has 2 amide bonds. The molecule has 0 bridgehead atoms. The number of halogens is 1. The summed E-state index contributed by atoms with van der Waals surface area (Å²) < 4.78 is 15.9. The van der Waals surface area contributed by atoms with Crippen molar-refractivity contribution in [3.8, 4) is 11.1 Å².